The molecule has 1 saturated heterocycles. The maximum Gasteiger partial charge on any atom is 0.144 e. The Morgan fingerprint density at radius 1 is 1.53 bits per heavy atom. The minimum atomic E-state index is -0.260. The maximum atomic E-state index is 8.90. The smallest absolute Gasteiger partial charge is 0.144 e. The zero-order valence-electron chi connectivity index (χ0n) is 10.9. The summed E-state index contributed by atoms with van der Waals surface area (Å²) in [6.07, 6.45) is 2.96. The van der Waals surface area contributed by atoms with Gasteiger partial charge in [-0.2, -0.15) is 0 Å². The molecule has 5 heteroatoms. The molecule has 1 fully saturated rings. The number of nitrogens with zero attached hydrogens (tertiary/aromatic N) is 2. The molecule has 1 aliphatic rings. The molecule has 1 atom stereocenters. The van der Waals surface area contributed by atoms with Crippen LogP contribution < -0.4 is 5.73 Å². The van der Waals surface area contributed by atoms with E-state index in [2.05, 4.69) is 10.1 Å². The molecule has 0 radical (unpaired) electrons. The number of hydrogen-bond acceptors (Lipinski definition) is 4. The third-order valence-corrected chi connectivity index (χ3v) is 3.76. The van der Waals surface area contributed by atoms with Gasteiger partial charge in [-0.3, -0.25) is 0 Å². The Morgan fingerprint density at radius 3 is 2.82 bits per heavy atom. The van der Waals surface area contributed by atoms with E-state index in [1.807, 2.05) is 13.8 Å². The second-order valence-corrected chi connectivity index (χ2v) is 5.59. The SMILES string of the molecule is CC(C)(CCN1CCC(CCO)C1)C(N)=NO. The number of aliphatic hydroxyl groups excluding tert-OH is 1. The molecule has 0 bridgehead atoms. The number of nitrogens with two attached hydrogens (primary N) is 1. The molecule has 1 aliphatic heterocycles. The van der Waals surface area contributed by atoms with Gasteiger partial charge in [0.2, 0.25) is 0 Å². The van der Waals surface area contributed by atoms with Gasteiger partial charge < -0.3 is 20.9 Å². The number of amidine groups is 1. The van der Waals surface area contributed by atoms with Crippen LogP contribution in [0.25, 0.3) is 0 Å². The Balaban J connectivity index is 2.32. The molecule has 17 heavy (non-hydrogen) atoms. The van der Waals surface area contributed by atoms with Gasteiger partial charge in [0, 0.05) is 18.6 Å². The highest BCUT2D eigenvalue weighted by molar-refractivity contribution is 5.85. The summed E-state index contributed by atoms with van der Waals surface area (Å²) in [5.74, 6) is 0.926. The van der Waals surface area contributed by atoms with Gasteiger partial charge in [-0.05, 0) is 38.3 Å². The van der Waals surface area contributed by atoms with Gasteiger partial charge in [-0.15, -0.1) is 0 Å². The van der Waals surface area contributed by atoms with Crippen molar-refractivity contribution in [2.24, 2.45) is 22.2 Å². The van der Waals surface area contributed by atoms with Gasteiger partial charge in [-0.1, -0.05) is 19.0 Å². The first-order chi connectivity index (χ1) is 7.99. The summed E-state index contributed by atoms with van der Waals surface area (Å²) < 4.78 is 0. The molecule has 0 aromatic heterocycles. The lowest BCUT2D eigenvalue weighted by atomic mass is 9.88. The molecule has 0 aromatic carbocycles. The fourth-order valence-corrected chi connectivity index (χ4v) is 2.24. The van der Waals surface area contributed by atoms with Gasteiger partial charge in [0.05, 0.1) is 0 Å². The van der Waals surface area contributed by atoms with Crippen LogP contribution >= 0.6 is 0 Å². The van der Waals surface area contributed by atoms with E-state index >= 15 is 0 Å². The van der Waals surface area contributed by atoms with E-state index in [1.54, 1.807) is 0 Å². The Kier molecular flexibility index (Phi) is 5.21. The standard InChI is InChI=1S/C12H25N3O2/c1-12(2,11(13)14-17)5-7-15-6-3-10(9-15)4-8-16/h10,16-17H,3-9H2,1-2H3,(H2,13,14). The van der Waals surface area contributed by atoms with Crippen molar-refractivity contribution in [3.05, 3.63) is 0 Å². The summed E-state index contributed by atoms with van der Waals surface area (Å²) in [6.45, 7) is 7.38. The molecule has 1 rings (SSSR count). The largest absolute Gasteiger partial charge is 0.409 e. The van der Waals surface area contributed by atoms with Crippen LogP contribution in [0.2, 0.25) is 0 Å². The van der Waals surface area contributed by atoms with E-state index in [1.165, 1.54) is 6.42 Å². The van der Waals surface area contributed by atoms with Crippen LogP contribution in [0.4, 0.5) is 0 Å². The van der Waals surface area contributed by atoms with Crippen molar-refractivity contribution in [2.75, 3.05) is 26.2 Å². The molecule has 0 amide bonds. The fraction of sp³-hybridized carbons (Fsp3) is 0.917. The summed E-state index contributed by atoms with van der Waals surface area (Å²) in [6, 6.07) is 0. The van der Waals surface area contributed by atoms with E-state index in [-0.39, 0.29) is 12.0 Å². The number of aliphatic hydroxyl groups is 1. The summed E-state index contributed by atoms with van der Waals surface area (Å²) in [4.78, 5) is 2.40. The van der Waals surface area contributed by atoms with Gasteiger partial charge in [-0.25, -0.2) is 0 Å². The molecule has 4 N–H and O–H groups in total. The van der Waals surface area contributed by atoms with Crippen LogP contribution in [0, 0.1) is 11.3 Å². The van der Waals surface area contributed by atoms with Gasteiger partial charge >= 0.3 is 0 Å². The van der Waals surface area contributed by atoms with Gasteiger partial charge in [0.25, 0.3) is 0 Å². The summed E-state index contributed by atoms with van der Waals surface area (Å²) in [7, 11) is 0. The number of hydrogen-bond donors (Lipinski definition) is 3. The average molecular weight is 243 g/mol. The van der Waals surface area contributed by atoms with Crippen LogP contribution in [-0.4, -0.2) is 47.3 Å². The third kappa shape index (κ3) is 4.16. The Morgan fingerprint density at radius 2 is 2.24 bits per heavy atom. The minimum Gasteiger partial charge on any atom is -0.409 e. The van der Waals surface area contributed by atoms with Crippen molar-refractivity contribution >= 4 is 5.84 Å². The lowest BCUT2D eigenvalue weighted by Gasteiger charge is -2.26. The summed E-state index contributed by atoms with van der Waals surface area (Å²) >= 11 is 0. The first-order valence-corrected chi connectivity index (χ1v) is 6.31. The summed E-state index contributed by atoms with van der Waals surface area (Å²) in [5.41, 5.74) is 5.40. The molecule has 1 heterocycles. The molecule has 5 nitrogen and oxygen atoms in total. The molecule has 1 unspecified atom stereocenters. The first kappa shape index (κ1) is 14.3. The quantitative estimate of drug-likeness (QED) is 0.279. The third-order valence-electron chi connectivity index (χ3n) is 3.76. The molecule has 0 spiro atoms. The van der Waals surface area contributed by atoms with Crippen LogP contribution in [0.15, 0.2) is 5.16 Å². The molecule has 0 aliphatic carbocycles. The number of rotatable bonds is 6. The molecule has 0 aromatic rings. The van der Waals surface area contributed by atoms with Gasteiger partial charge in [0.1, 0.15) is 5.84 Å². The maximum absolute atomic E-state index is 8.90. The van der Waals surface area contributed by atoms with Crippen molar-refractivity contribution in [3.8, 4) is 0 Å². The predicted octanol–water partition coefficient (Wildman–Crippen LogP) is 0.853. The highest BCUT2D eigenvalue weighted by Gasteiger charge is 2.27. The second kappa shape index (κ2) is 6.21. The zero-order valence-corrected chi connectivity index (χ0v) is 10.9. The van der Waals surface area contributed by atoms with Crippen LogP contribution in [-0.2, 0) is 0 Å². The number of oxime groups is 1. The van der Waals surface area contributed by atoms with E-state index in [0.29, 0.717) is 11.8 Å². The highest BCUT2D eigenvalue weighted by Crippen LogP contribution is 2.24. The van der Waals surface area contributed by atoms with Crippen molar-refractivity contribution in [3.63, 3.8) is 0 Å². The average Bonchev–Trinajstić information content (AvgIpc) is 2.74. The van der Waals surface area contributed by atoms with Crippen LogP contribution in [0.5, 0.6) is 0 Å². The fourth-order valence-electron chi connectivity index (χ4n) is 2.24. The molecular weight excluding hydrogens is 218 g/mol. The Bertz CT molecular complexity index is 266. The van der Waals surface area contributed by atoms with Crippen molar-refractivity contribution < 1.29 is 10.3 Å². The molecular formula is C12H25N3O2. The predicted molar refractivity (Wildman–Crippen MR) is 68.1 cm³/mol. The molecule has 100 valence electrons. The van der Waals surface area contributed by atoms with Crippen LogP contribution in [0.3, 0.4) is 0 Å². The van der Waals surface area contributed by atoms with E-state index in [4.69, 9.17) is 16.0 Å². The van der Waals surface area contributed by atoms with E-state index < -0.39 is 0 Å². The molecule has 0 saturated carbocycles. The zero-order chi connectivity index (χ0) is 12.9. The lowest BCUT2D eigenvalue weighted by Crippen LogP contribution is -2.35. The Hall–Kier alpha value is -0.810. The van der Waals surface area contributed by atoms with Crippen molar-refractivity contribution in [2.45, 2.75) is 33.1 Å². The topological polar surface area (TPSA) is 82.1 Å². The number of likely N-dealkylation sites (tertiary alicyclic amines) is 1. The monoisotopic (exact) mass is 243 g/mol. The Labute approximate surface area is 103 Å². The van der Waals surface area contributed by atoms with E-state index in [9.17, 15) is 0 Å². The summed E-state index contributed by atoms with van der Waals surface area (Å²) in [5, 5.41) is 20.7. The minimum absolute atomic E-state index is 0.260. The van der Waals surface area contributed by atoms with Gasteiger partial charge in [0.15, 0.2) is 0 Å². The lowest BCUT2D eigenvalue weighted by molar-refractivity contribution is 0.242. The normalized spacial score (nSPS) is 23.2. The first-order valence-electron chi connectivity index (χ1n) is 6.31. The van der Waals surface area contributed by atoms with Crippen molar-refractivity contribution in [1.82, 2.24) is 4.90 Å². The highest BCUT2D eigenvalue weighted by atomic mass is 16.4. The van der Waals surface area contributed by atoms with Crippen molar-refractivity contribution in [1.29, 1.82) is 0 Å². The second-order valence-electron chi connectivity index (χ2n) is 5.59. The van der Waals surface area contributed by atoms with Crippen LogP contribution in [0.1, 0.15) is 33.1 Å². The van der Waals surface area contributed by atoms with E-state index in [0.717, 1.165) is 32.5 Å².